The number of anilines is 1. The maximum absolute atomic E-state index is 12.7. The lowest BCUT2D eigenvalue weighted by Crippen LogP contribution is -2.43. The van der Waals surface area contributed by atoms with Crippen LogP contribution in [-0.4, -0.2) is 73.5 Å². The molecule has 0 unspecified atom stereocenters. The number of hydrogen-bond acceptors (Lipinski definition) is 5. The fraction of sp³-hybridized carbons (Fsp3) is 0.588. The molecule has 1 heterocycles. The number of benzene rings is 1. The Labute approximate surface area is 137 Å². The van der Waals surface area contributed by atoms with Crippen molar-refractivity contribution in [2.75, 3.05) is 57.4 Å². The highest BCUT2D eigenvalue weighted by molar-refractivity contribution is 5.95. The molecular formula is C17H27N3O3. The molecule has 0 aliphatic carbocycles. The van der Waals surface area contributed by atoms with Crippen LogP contribution >= 0.6 is 0 Å². The third-order valence-electron chi connectivity index (χ3n) is 4.14. The van der Waals surface area contributed by atoms with Crippen molar-refractivity contribution in [3.05, 3.63) is 29.3 Å². The van der Waals surface area contributed by atoms with Crippen molar-refractivity contribution in [3.8, 4) is 0 Å². The van der Waals surface area contributed by atoms with Gasteiger partial charge in [0, 0.05) is 50.5 Å². The van der Waals surface area contributed by atoms with E-state index in [4.69, 9.17) is 10.2 Å². The van der Waals surface area contributed by atoms with E-state index in [1.165, 1.54) is 4.90 Å². The number of amides is 1. The van der Waals surface area contributed by atoms with Crippen molar-refractivity contribution in [3.63, 3.8) is 0 Å². The zero-order valence-corrected chi connectivity index (χ0v) is 13.8. The summed E-state index contributed by atoms with van der Waals surface area (Å²) in [5.74, 6) is -0.139. The van der Waals surface area contributed by atoms with Crippen molar-refractivity contribution >= 4 is 11.6 Å². The highest BCUT2D eigenvalue weighted by atomic mass is 16.3. The van der Waals surface area contributed by atoms with Crippen LogP contribution < -0.4 is 10.2 Å². The number of nitrogens with zero attached hydrogens (tertiary/aromatic N) is 2. The Morgan fingerprint density at radius 1 is 1.17 bits per heavy atom. The molecule has 0 spiro atoms. The molecule has 1 aromatic rings. The van der Waals surface area contributed by atoms with Gasteiger partial charge in [-0.05, 0) is 30.2 Å². The summed E-state index contributed by atoms with van der Waals surface area (Å²) in [6, 6.07) is 5.98. The molecule has 1 saturated heterocycles. The third-order valence-corrected chi connectivity index (χ3v) is 4.14. The van der Waals surface area contributed by atoms with E-state index in [0.717, 1.165) is 43.9 Å². The largest absolute Gasteiger partial charge is 0.395 e. The summed E-state index contributed by atoms with van der Waals surface area (Å²) >= 11 is 0. The van der Waals surface area contributed by atoms with E-state index in [1.807, 2.05) is 12.1 Å². The monoisotopic (exact) mass is 321 g/mol. The van der Waals surface area contributed by atoms with Crippen molar-refractivity contribution < 1.29 is 15.0 Å². The number of aliphatic hydroxyl groups is 2. The van der Waals surface area contributed by atoms with E-state index in [0.29, 0.717) is 5.56 Å². The number of nitrogens with one attached hydrogen (secondary N) is 1. The topological polar surface area (TPSA) is 76.0 Å². The van der Waals surface area contributed by atoms with Gasteiger partial charge in [0.05, 0.1) is 13.2 Å². The average molecular weight is 321 g/mol. The first-order valence-electron chi connectivity index (χ1n) is 8.30. The molecule has 1 aliphatic heterocycles. The van der Waals surface area contributed by atoms with E-state index >= 15 is 0 Å². The number of aryl methyl sites for hydroxylation is 1. The molecule has 0 aromatic heterocycles. The second-order valence-corrected chi connectivity index (χ2v) is 5.72. The van der Waals surface area contributed by atoms with E-state index in [-0.39, 0.29) is 32.2 Å². The summed E-state index contributed by atoms with van der Waals surface area (Å²) in [7, 11) is 0. The molecule has 1 amide bonds. The molecule has 0 radical (unpaired) electrons. The fourth-order valence-electron chi connectivity index (χ4n) is 2.85. The average Bonchev–Trinajstić information content (AvgIpc) is 2.61. The Morgan fingerprint density at radius 2 is 1.83 bits per heavy atom. The lowest BCUT2D eigenvalue weighted by molar-refractivity contribution is 0.0685. The van der Waals surface area contributed by atoms with Gasteiger partial charge in [-0.2, -0.15) is 0 Å². The first-order valence-corrected chi connectivity index (χ1v) is 8.30. The Bertz CT molecular complexity index is 510. The standard InChI is InChI=1S/C17H27N3O3/c1-2-14-11-15(17(23)20(7-9-21)8-10-22)13-16(12-14)19-5-3-18-4-6-19/h11-13,18,21-22H,2-10H2,1H3. The van der Waals surface area contributed by atoms with Crippen LogP contribution in [0.5, 0.6) is 0 Å². The van der Waals surface area contributed by atoms with Crippen molar-refractivity contribution in [2.24, 2.45) is 0 Å². The number of aliphatic hydroxyl groups excluding tert-OH is 2. The lowest BCUT2D eigenvalue weighted by atomic mass is 10.0. The van der Waals surface area contributed by atoms with Crippen LogP contribution in [0.1, 0.15) is 22.8 Å². The molecule has 6 nitrogen and oxygen atoms in total. The first-order chi connectivity index (χ1) is 11.2. The van der Waals surface area contributed by atoms with Gasteiger partial charge in [-0.1, -0.05) is 6.92 Å². The predicted octanol–water partition coefficient (Wildman–Crippen LogP) is 0.0854. The van der Waals surface area contributed by atoms with E-state index in [2.05, 4.69) is 23.2 Å². The van der Waals surface area contributed by atoms with Crippen molar-refractivity contribution in [2.45, 2.75) is 13.3 Å². The van der Waals surface area contributed by atoms with Gasteiger partial charge in [-0.3, -0.25) is 4.79 Å². The van der Waals surface area contributed by atoms with E-state index in [9.17, 15) is 4.79 Å². The van der Waals surface area contributed by atoms with Gasteiger partial charge < -0.3 is 25.3 Å². The Hall–Kier alpha value is -1.63. The number of hydrogen-bond donors (Lipinski definition) is 3. The van der Waals surface area contributed by atoms with Crippen LogP contribution in [0.25, 0.3) is 0 Å². The SMILES string of the molecule is CCc1cc(C(=O)N(CCO)CCO)cc(N2CCNCC2)c1. The number of rotatable bonds is 7. The molecule has 1 aromatic carbocycles. The Kier molecular flexibility index (Phi) is 6.83. The quantitative estimate of drug-likeness (QED) is 0.663. The highest BCUT2D eigenvalue weighted by Crippen LogP contribution is 2.21. The van der Waals surface area contributed by atoms with Crippen molar-refractivity contribution in [1.29, 1.82) is 0 Å². The summed E-state index contributed by atoms with van der Waals surface area (Å²) in [6.45, 7) is 6.08. The maximum Gasteiger partial charge on any atom is 0.254 e. The van der Waals surface area contributed by atoms with Crippen molar-refractivity contribution in [1.82, 2.24) is 10.2 Å². The predicted molar refractivity (Wildman–Crippen MR) is 91.0 cm³/mol. The van der Waals surface area contributed by atoms with Gasteiger partial charge in [-0.15, -0.1) is 0 Å². The number of carbonyl (C=O) groups excluding carboxylic acids is 1. The molecule has 23 heavy (non-hydrogen) atoms. The zero-order valence-electron chi connectivity index (χ0n) is 13.8. The molecule has 3 N–H and O–H groups in total. The molecule has 128 valence electrons. The molecule has 1 aliphatic rings. The lowest BCUT2D eigenvalue weighted by Gasteiger charge is -2.30. The van der Waals surface area contributed by atoms with Gasteiger partial charge >= 0.3 is 0 Å². The highest BCUT2D eigenvalue weighted by Gasteiger charge is 2.18. The minimum atomic E-state index is -0.139. The Balaban J connectivity index is 2.27. The van der Waals surface area contributed by atoms with Crippen LogP contribution in [0.3, 0.4) is 0 Å². The normalized spacial score (nSPS) is 14.8. The van der Waals surface area contributed by atoms with E-state index in [1.54, 1.807) is 0 Å². The molecule has 1 fully saturated rings. The third kappa shape index (κ3) is 4.67. The maximum atomic E-state index is 12.7. The van der Waals surface area contributed by atoms with Crippen LogP contribution in [-0.2, 0) is 6.42 Å². The summed E-state index contributed by atoms with van der Waals surface area (Å²) in [6.07, 6.45) is 0.861. The Morgan fingerprint density at radius 3 is 2.39 bits per heavy atom. The number of carbonyl (C=O) groups is 1. The fourth-order valence-corrected chi connectivity index (χ4v) is 2.85. The van der Waals surface area contributed by atoms with Gasteiger partial charge in [0.1, 0.15) is 0 Å². The molecule has 0 atom stereocenters. The molecular weight excluding hydrogens is 294 g/mol. The molecule has 0 saturated carbocycles. The second kappa shape index (κ2) is 8.86. The van der Waals surface area contributed by atoms with Gasteiger partial charge in [0.15, 0.2) is 0 Å². The molecule has 0 bridgehead atoms. The number of piperazine rings is 1. The van der Waals surface area contributed by atoms with Crippen LogP contribution in [0.2, 0.25) is 0 Å². The summed E-state index contributed by atoms with van der Waals surface area (Å²) in [5.41, 5.74) is 2.82. The summed E-state index contributed by atoms with van der Waals surface area (Å²) < 4.78 is 0. The van der Waals surface area contributed by atoms with E-state index < -0.39 is 0 Å². The van der Waals surface area contributed by atoms with Crippen LogP contribution in [0, 0.1) is 0 Å². The summed E-state index contributed by atoms with van der Waals surface area (Å²) in [4.78, 5) is 16.5. The van der Waals surface area contributed by atoms with Gasteiger partial charge in [0.2, 0.25) is 0 Å². The smallest absolute Gasteiger partial charge is 0.254 e. The minimum absolute atomic E-state index is 0.107. The van der Waals surface area contributed by atoms with Gasteiger partial charge in [0.25, 0.3) is 5.91 Å². The zero-order chi connectivity index (χ0) is 16.7. The van der Waals surface area contributed by atoms with Crippen LogP contribution in [0.15, 0.2) is 18.2 Å². The summed E-state index contributed by atoms with van der Waals surface area (Å²) in [5, 5.41) is 21.6. The second-order valence-electron chi connectivity index (χ2n) is 5.72. The minimum Gasteiger partial charge on any atom is -0.395 e. The van der Waals surface area contributed by atoms with Gasteiger partial charge in [-0.25, -0.2) is 0 Å². The molecule has 2 rings (SSSR count). The molecule has 6 heteroatoms. The van der Waals surface area contributed by atoms with Crippen LogP contribution in [0.4, 0.5) is 5.69 Å². The first kappa shape index (κ1) is 17.7.